The Labute approximate surface area is 281 Å². The molecule has 1 saturated carbocycles. The number of carbonyl (C=O) groups is 2. The minimum absolute atomic E-state index is 0.0584. The quantitative estimate of drug-likeness (QED) is 0.0884. The van der Waals surface area contributed by atoms with Crippen LogP contribution in [0.4, 0.5) is 0 Å². The number of benzene rings is 2. The van der Waals surface area contributed by atoms with Crippen molar-refractivity contribution in [3.8, 4) is 17.2 Å². The van der Waals surface area contributed by atoms with Crippen molar-refractivity contribution in [1.82, 2.24) is 9.80 Å². The Morgan fingerprint density at radius 1 is 1.09 bits per heavy atom. The monoisotopic (exact) mass is 642 g/mol. The zero-order valence-corrected chi connectivity index (χ0v) is 28.6. The van der Waals surface area contributed by atoms with Gasteiger partial charge in [-0.3, -0.25) is 14.5 Å². The lowest BCUT2D eigenvalue weighted by Crippen LogP contribution is -2.69. The molecule has 2 bridgehead atoms. The number of carbonyl (C=O) groups excluding carboxylic acids is 2. The van der Waals surface area contributed by atoms with Crippen LogP contribution in [0.2, 0.25) is 0 Å². The fourth-order valence-electron chi connectivity index (χ4n) is 9.64. The summed E-state index contributed by atoms with van der Waals surface area (Å²) in [5.41, 5.74) is 3.06. The van der Waals surface area contributed by atoms with Gasteiger partial charge in [0.1, 0.15) is 11.9 Å². The highest BCUT2D eigenvalue weighted by molar-refractivity contribution is 5.77. The van der Waals surface area contributed by atoms with Crippen molar-refractivity contribution < 1.29 is 24.2 Å². The Morgan fingerprint density at radius 3 is 2.51 bits per heavy atom. The maximum atomic E-state index is 13.8. The molecule has 2 fully saturated rings. The summed E-state index contributed by atoms with van der Waals surface area (Å²) in [4.78, 5) is 30.5. The lowest BCUT2D eigenvalue weighted by Gasteiger charge is -2.60. The number of phenolic OH excluding ortho intramolecular Hbond substituents is 1. The molecule has 0 radical (unpaired) electrons. The summed E-state index contributed by atoms with van der Waals surface area (Å²) in [6, 6.07) is 12.5. The number of piperidine rings is 1. The third-order valence-corrected chi connectivity index (χ3v) is 11.6. The van der Waals surface area contributed by atoms with Crippen molar-refractivity contribution >= 4 is 11.9 Å². The second-order valence-corrected chi connectivity index (χ2v) is 14.3. The highest BCUT2D eigenvalue weighted by atomic mass is 16.6. The van der Waals surface area contributed by atoms with Crippen molar-refractivity contribution in [3.63, 3.8) is 0 Å². The molecule has 5 atom stereocenters. The molecule has 4 aliphatic rings. The number of hydrogen-bond acceptors (Lipinski definition) is 6. The average molecular weight is 643 g/mol. The second kappa shape index (κ2) is 14.8. The van der Waals surface area contributed by atoms with Gasteiger partial charge in [0.15, 0.2) is 11.5 Å². The maximum absolute atomic E-state index is 13.8. The normalized spacial score (nSPS) is 25.5. The number of rotatable bonds is 16. The van der Waals surface area contributed by atoms with Gasteiger partial charge in [0.25, 0.3) is 0 Å². The van der Waals surface area contributed by atoms with E-state index in [1.54, 1.807) is 6.07 Å². The summed E-state index contributed by atoms with van der Waals surface area (Å²) in [5.74, 6) is 1.19. The van der Waals surface area contributed by atoms with Crippen molar-refractivity contribution in [2.75, 3.05) is 19.6 Å². The van der Waals surface area contributed by atoms with Crippen LogP contribution in [0.3, 0.4) is 0 Å². The minimum atomic E-state index is -0.437. The van der Waals surface area contributed by atoms with Crippen molar-refractivity contribution in [3.05, 3.63) is 65.7 Å². The van der Waals surface area contributed by atoms with E-state index >= 15 is 0 Å². The number of ether oxygens (including phenoxy) is 2. The van der Waals surface area contributed by atoms with Crippen LogP contribution in [0.5, 0.6) is 17.2 Å². The van der Waals surface area contributed by atoms with Crippen LogP contribution in [0.1, 0.15) is 108 Å². The molecule has 1 amide bonds. The van der Waals surface area contributed by atoms with Crippen molar-refractivity contribution in [1.29, 1.82) is 0 Å². The van der Waals surface area contributed by atoms with Gasteiger partial charge in [0.05, 0.1) is 6.04 Å². The third-order valence-electron chi connectivity index (χ3n) is 11.6. The molecule has 1 spiro atoms. The smallest absolute Gasteiger partial charge is 0.308 e. The van der Waals surface area contributed by atoms with E-state index in [4.69, 9.17) is 9.47 Å². The van der Waals surface area contributed by atoms with E-state index in [-0.39, 0.29) is 35.3 Å². The lowest BCUT2D eigenvalue weighted by molar-refractivity contribution is -0.142. The maximum Gasteiger partial charge on any atom is 0.308 e. The summed E-state index contributed by atoms with van der Waals surface area (Å²) in [7, 11) is 0. The summed E-state index contributed by atoms with van der Waals surface area (Å²) in [6.07, 6.45) is 16.5. The molecule has 2 aliphatic carbocycles. The largest absolute Gasteiger partial charge is 0.508 e. The molecule has 6 rings (SSSR count). The lowest BCUT2D eigenvalue weighted by atomic mass is 9.50. The van der Waals surface area contributed by atoms with Gasteiger partial charge in [0, 0.05) is 55.1 Å². The van der Waals surface area contributed by atoms with Gasteiger partial charge in [-0.05, 0) is 69.9 Å². The summed E-state index contributed by atoms with van der Waals surface area (Å²) < 4.78 is 12.5. The van der Waals surface area contributed by atoms with E-state index in [0.29, 0.717) is 30.4 Å². The second-order valence-electron chi connectivity index (χ2n) is 14.3. The number of hydrogen-bond donors (Lipinski definition) is 1. The molecule has 7 heteroatoms. The van der Waals surface area contributed by atoms with Gasteiger partial charge in [-0.15, -0.1) is 6.58 Å². The van der Waals surface area contributed by atoms with Gasteiger partial charge in [0.2, 0.25) is 5.91 Å². The van der Waals surface area contributed by atoms with E-state index in [9.17, 15) is 14.7 Å². The number of aromatic hydroxyl groups is 1. The molecule has 2 heterocycles. The number of unbranched alkanes of at least 4 members (excludes halogenated alkanes) is 7. The molecule has 2 aromatic rings. The van der Waals surface area contributed by atoms with Gasteiger partial charge in [-0.2, -0.15) is 0 Å². The molecular formula is C40H54N2O5. The first-order chi connectivity index (χ1) is 22.9. The van der Waals surface area contributed by atoms with Crippen LogP contribution >= 0.6 is 0 Å². The summed E-state index contributed by atoms with van der Waals surface area (Å²) in [6.45, 7) is 9.84. The molecule has 0 aromatic heterocycles. The Morgan fingerprint density at radius 2 is 1.81 bits per heavy atom. The molecule has 2 aliphatic heterocycles. The first kappa shape index (κ1) is 33.6. The average Bonchev–Trinajstić information content (AvgIpc) is 3.40. The van der Waals surface area contributed by atoms with E-state index in [1.165, 1.54) is 57.4 Å². The van der Waals surface area contributed by atoms with Gasteiger partial charge >= 0.3 is 5.97 Å². The summed E-state index contributed by atoms with van der Waals surface area (Å²) >= 11 is 0. The van der Waals surface area contributed by atoms with E-state index in [1.807, 2.05) is 6.08 Å². The Kier molecular flexibility index (Phi) is 10.6. The van der Waals surface area contributed by atoms with Crippen LogP contribution in [-0.2, 0) is 27.8 Å². The number of amides is 1. The number of aryl methyl sites for hydroxylation is 1. The molecule has 47 heavy (non-hydrogen) atoms. The topological polar surface area (TPSA) is 79.3 Å². The molecule has 1 saturated heterocycles. The molecule has 7 nitrogen and oxygen atoms in total. The Hall–Kier alpha value is -3.32. The molecule has 254 valence electrons. The van der Waals surface area contributed by atoms with Gasteiger partial charge in [-0.25, -0.2) is 0 Å². The van der Waals surface area contributed by atoms with Crippen molar-refractivity contribution in [2.45, 2.75) is 127 Å². The van der Waals surface area contributed by atoms with Crippen LogP contribution in [0, 0.1) is 5.92 Å². The molecule has 1 N–H and O–H groups in total. The molecule has 2 aromatic carbocycles. The van der Waals surface area contributed by atoms with Crippen LogP contribution in [0.15, 0.2) is 49.1 Å². The number of phenols is 1. The van der Waals surface area contributed by atoms with E-state index < -0.39 is 5.97 Å². The number of likely N-dealkylation sites (tertiary alicyclic amines) is 1. The summed E-state index contributed by atoms with van der Waals surface area (Å²) in [5, 5.41) is 11.3. The highest BCUT2D eigenvalue weighted by Crippen LogP contribution is 2.65. The zero-order chi connectivity index (χ0) is 33.0. The Bertz CT molecular complexity index is 1430. The number of nitrogens with zero attached hydrogens (tertiary/aromatic N) is 2. The fraction of sp³-hybridized carbons (Fsp3) is 0.600. The Balaban J connectivity index is 1.08. The fourth-order valence-corrected chi connectivity index (χ4v) is 9.64. The van der Waals surface area contributed by atoms with Gasteiger partial charge in [-0.1, -0.05) is 74.9 Å². The number of esters is 1. The SMILES string of the molecule is C=CCN1CC[C@]23c4c5c(O)cc(OC(C)=O)c4O[C@H]2[C@H](N(CC)C(=O)CCCCCCCCCCc2ccccc2)CC[C@H]3[C@H]1C5. The van der Waals surface area contributed by atoms with Crippen LogP contribution < -0.4 is 9.47 Å². The third kappa shape index (κ3) is 6.57. The highest BCUT2D eigenvalue weighted by Gasteiger charge is 2.67. The predicted molar refractivity (Wildman–Crippen MR) is 185 cm³/mol. The number of likely N-dealkylation sites (N-methyl/N-ethyl adjacent to an activating group) is 1. The van der Waals surface area contributed by atoms with Crippen LogP contribution in [0.25, 0.3) is 0 Å². The van der Waals surface area contributed by atoms with E-state index in [0.717, 1.165) is 62.7 Å². The molecular weight excluding hydrogens is 588 g/mol. The van der Waals surface area contributed by atoms with Crippen molar-refractivity contribution in [2.24, 2.45) is 5.92 Å². The first-order valence-electron chi connectivity index (χ1n) is 18.3. The van der Waals surface area contributed by atoms with Gasteiger partial charge < -0.3 is 19.5 Å². The first-order valence-corrected chi connectivity index (χ1v) is 18.3. The van der Waals surface area contributed by atoms with E-state index in [2.05, 4.69) is 53.6 Å². The predicted octanol–water partition coefficient (Wildman–Crippen LogP) is 7.51. The van der Waals surface area contributed by atoms with Crippen LogP contribution in [-0.4, -0.2) is 64.6 Å². The zero-order valence-electron chi connectivity index (χ0n) is 28.6. The minimum Gasteiger partial charge on any atom is -0.508 e. The standard InChI is InChI=1S/C40H54N2O5/c1-4-24-41-25-23-40-31-21-22-32(39(40)47-38-35(46-28(3)43)27-34(44)30(37(38)40)26-33(31)41)42(5-2)36(45)20-16-11-9-7-6-8-10-13-17-29-18-14-12-15-19-29/h4,12,14-15,18-19,27,31-33,39,44H,1,5-11,13,16-17,20-26H2,2-3H3/t31-,32+,33+,39-,40-/m0/s1. The molecule has 0 unspecified atom stereocenters.